The molecule has 2 aromatic carbocycles. The van der Waals surface area contributed by atoms with Gasteiger partial charge in [0, 0.05) is 0 Å². The van der Waals surface area contributed by atoms with Gasteiger partial charge in [-0.05, 0) is 47.3 Å². The van der Waals surface area contributed by atoms with E-state index >= 15 is 0 Å². The fourth-order valence-electron chi connectivity index (χ4n) is 3.11. The summed E-state index contributed by atoms with van der Waals surface area (Å²) in [4.78, 5) is 0. The SMILES string of the molecule is CCC(C)c1ccc(C(Cl)C2CC2c2ccccc2)cc1. The van der Waals surface area contributed by atoms with Gasteiger partial charge in [-0.15, -0.1) is 11.6 Å². The van der Waals surface area contributed by atoms with Crippen molar-refractivity contribution in [3.05, 3.63) is 71.3 Å². The quantitative estimate of drug-likeness (QED) is 0.569. The summed E-state index contributed by atoms with van der Waals surface area (Å²) in [7, 11) is 0. The highest BCUT2D eigenvalue weighted by atomic mass is 35.5. The first-order valence-corrected chi connectivity index (χ1v) is 8.43. The molecule has 0 spiro atoms. The minimum atomic E-state index is 0.140. The molecule has 1 heteroatoms. The Morgan fingerprint density at radius 2 is 1.62 bits per heavy atom. The first kappa shape index (κ1) is 14.7. The molecule has 4 atom stereocenters. The molecule has 1 saturated carbocycles. The molecule has 0 aliphatic heterocycles. The Bertz CT molecular complexity index is 573. The summed E-state index contributed by atoms with van der Waals surface area (Å²) < 4.78 is 0. The monoisotopic (exact) mass is 298 g/mol. The molecule has 1 fully saturated rings. The molecule has 0 bridgehead atoms. The van der Waals surface area contributed by atoms with E-state index in [9.17, 15) is 0 Å². The molecule has 110 valence electrons. The number of alkyl halides is 1. The number of rotatable bonds is 5. The van der Waals surface area contributed by atoms with Crippen molar-refractivity contribution < 1.29 is 0 Å². The summed E-state index contributed by atoms with van der Waals surface area (Å²) in [5, 5.41) is 0.140. The van der Waals surface area contributed by atoms with Gasteiger partial charge in [-0.25, -0.2) is 0 Å². The molecule has 0 radical (unpaired) electrons. The van der Waals surface area contributed by atoms with Crippen LogP contribution in [0.1, 0.15) is 60.6 Å². The second kappa shape index (κ2) is 6.23. The largest absolute Gasteiger partial charge is 0.117 e. The number of hydrogen-bond donors (Lipinski definition) is 0. The van der Waals surface area contributed by atoms with Crippen LogP contribution < -0.4 is 0 Å². The van der Waals surface area contributed by atoms with Gasteiger partial charge >= 0.3 is 0 Å². The van der Waals surface area contributed by atoms with Crippen LogP contribution >= 0.6 is 11.6 Å². The highest BCUT2D eigenvalue weighted by Gasteiger charge is 2.43. The summed E-state index contributed by atoms with van der Waals surface area (Å²) in [6.07, 6.45) is 2.40. The average molecular weight is 299 g/mol. The predicted octanol–water partition coefficient (Wildman–Crippen LogP) is 6.28. The van der Waals surface area contributed by atoms with Crippen LogP contribution in [-0.2, 0) is 0 Å². The summed E-state index contributed by atoms with van der Waals surface area (Å²) in [6.45, 7) is 4.51. The topological polar surface area (TPSA) is 0 Å². The lowest BCUT2D eigenvalue weighted by Gasteiger charge is -2.13. The van der Waals surface area contributed by atoms with E-state index in [4.69, 9.17) is 11.6 Å². The molecule has 0 nitrogen and oxygen atoms in total. The van der Waals surface area contributed by atoms with Crippen LogP contribution in [0.5, 0.6) is 0 Å². The van der Waals surface area contributed by atoms with Crippen LogP contribution in [0.4, 0.5) is 0 Å². The Kier molecular flexibility index (Phi) is 4.35. The van der Waals surface area contributed by atoms with Gasteiger partial charge in [0.25, 0.3) is 0 Å². The molecule has 0 heterocycles. The van der Waals surface area contributed by atoms with E-state index in [0.717, 1.165) is 0 Å². The summed E-state index contributed by atoms with van der Waals surface area (Å²) in [5.41, 5.74) is 4.12. The molecular formula is C20H23Cl. The van der Waals surface area contributed by atoms with Crippen molar-refractivity contribution in [2.45, 2.75) is 43.9 Å². The minimum Gasteiger partial charge on any atom is -0.117 e. The van der Waals surface area contributed by atoms with Gasteiger partial charge in [0.1, 0.15) is 0 Å². The zero-order valence-electron chi connectivity index (χ0n) is 12.8. The van der Waals surface area contributed by atoms with Crippen LogP contribution in [0.25, 0.3) is 0 Å². The Balaban J connectivity index is 1.68. The maximum Gasteiger partial charge on any atom is 0.0619 e. The third-order valence-corrected chi connectivity index (χ3v) is 5.46. The molecule has 0 aromatic heterocycles. The fourth-order valence-corrected chi connectivity index (χ4v) is 3.54. The molecule has 3 rings (SSSR count). The van der Waals surface area contributed by atoms with Crippen LogP contribution in [0.3, 0.4) is 0 Å². The van der Waals surface area contributed by atoms with Crippen LogP contribution in [-0.4, -0.2) is 0 Å². The molecule has 4 unspecified atom stereocenters. The Morgan fingerprint density at radius 3 is 2.24 bits per heavy atom. The summed E-state index contributed by atoms with van der Waals surface area (Å²) in [6, 6.07) is 19.7. The Hall–Kier alpha value is -1.27. The standard InChI is InChI=1S/C20H23Cl/c1-3-14(2)15-9-11-17(12-10-15)20(21)19-13-18(19)16-7-5-4-6-8-16/h4-12,14,18-20H,3,13H2,1-2H3. The third kappa shape index (κ3) is 3.16. The average Bonchev–Trinajstić information content (AvgIpc) is 3.35. The van der Waals surface area contributed by atoms with Crippen LogP contribution in [0.15, 0.2) is 54.6 Å². The lowest BCUT2D eigenvalue weighted by Crippen LogP contribution is -1.97. The first-order chi connectivity index (χ1) is 10.2. The zero-order chi connectivity index (χ0) is 14.8. The van der Waals surface area contributed by atoms with E-state index in [-0.39, 0.29) is 5.38 Å². The molecule has 21 heavy (non-hydrogen) atoms. The van der Waals surface area contributed by atoms with Gasteiger partial charge in [0.15, 0.2) is 0 Å². The number of hydrogen-bond acceptors (Lipinski definition) is 0. The maximum absolute atomic E-state index is 6.71. The lowest BCUT2D eigenvalue weighted by molar-refractivity contribution is 0.729. The Labute approximate surface area is 133 Å². The van der Waals surface area contributed by atoms with Crippen molar-refractivity contribution in [1.29, 1.82) is 0 Å². The van der Waals surface area contributed by atoms with E-state index < -0.39 is 0 Å². The molecule has 0 saturated heterocycles. The highest BCUT2D eigenvalue weighted by molar-refractivity contribution is 6.21. The normalized spacial score (nSPS) is 23.6. The van der Waals surface area contributed by atoms with Crippen molar-refractivity contribution in [2.24, 2.45) is 5.92 Å². The third-order valence-electron chi connectivity index (χ3n) is 4.88. The van der Waals surface area contributed by atoms with E-state index in [1.54, 1.807) is 0 Å². The van der Waals surface area contributed by atoms with Crippen molar-refractivity contribution in [2.75, 3.05) is 0 Å². The van der Waals surface area contributed by atoms with E-state index in [1.165, 1.54) is 29.5 Å². The predicted molar refractivity (Wildman–Crippen MR) is 91.0 cm³/mol. The summed E-state index contributed by atoms with van der Waals surface area (Å²) >= 11 is 6.71. The maximum atomic E-state index is 6.71. The highest BCUT2D eigenvalue weighted by Crippen LogP contribution is 2.56. The van der Waals surface area contributed by atoms with Gasteiger partial charge in [-0.3, -0.25) is 0 Å². The van der Waals surface area contributed by atoms with Gasteiger partial charge in [0.05, 0.1) is 5.38 Å². The van der Waals surface area contributed by atoms with E-state index in [1.807, 2.05) is 0 Å². The number of benzene rings is 2. The van der Waals surface area contributed by atoms with E-state index in [2.05, 4.69) is 68.4 Å². The van der Waals surface area contributed by atoms with E-state index in [0.29, 0.717) is 17.8 Å². The molecule has 1 aliphatic carbocycles. The molecule has 1 aliphatic rings. The van der Waals surface area contributed by atoms with Gasteiger partial charge in [0.2, 0.25) is 0 Å². The second-order valence-corrected chi connectivity index (χ2v) is 6.76. The second-order valence-electron chi connectivity index (χ2n) is 6.29. The first-order valence-electron chi connectivity index (χ1n) is 7.99. The molecule has 0 N–H and O–H groups in total. The number of halogens is 1. The Morgan fingerprint density at radius 1 is 1.00 bits per heavy atom. The van der Waals surface area contributed by atoms with Crippen molar-refractivity contribution in [1.82, 2.24) is 0 Å². The molecule has 0 amide bonds. The lowest BCUT2D eigenvalue weighted by atomic mass is 9.96. The van der Waals surface area contributed by atoms with Gasteiger partial charge in [-0.2, -0.15) is 0 Å². The summed E-state index contributed by atoms with van der Waals surface area (Å²) in [5.74, 6) is 1.86. The van der Waals surface area contributed by atoms with Gasteiger partial charge in [-0.1, -0.05) is 68.4 Å². The smallest absolute Gasteiger partial charge is 0.0619 e. The minimum absolute atomic E-state index is 0.140. The zero-order valence-corrected chi connectivity index (χ0v) is 13.6. The van der Waals surface area contributed by atoms with Crippen molar-refractivity contribution >= 4 is 11.6 Å². The molecular weight excluding hydrogens is 276 g/mol. The molecule has 2 aromatic rings. The van der Waals surface area contributed by atoms with Crippen molar-refractivity contribution in [3.63, 3.8) is 0 Å². The fraction of sp³-hybridized carbons (Fsp3) is 0.400. The van der Waals surface area contributed by atoms with Crippen LogP contribution in [0.2, 0.25) is 0 Å². The van der Waals surface area contributed by atoms with Crippen LogP contribution in [0, 0.1) is 5.92 Å². The van der Waals surface area contributed by atoms with Crippen molar-refractivity contribution in [3.8, 4) is 0 Å². The van der Waals surface area contributed by atoms with Gasteiger partial charge < -0.3 is 0 Å².